The van der Waals surface area contributed by atoms with Gasteiger partial charge in [-0.15, -0.1) is 11.3 Å². The van der Waals surface area contributed by atoms with Crippen molar-refractivity contribution in [3.8, 4) is 22.1 Å². The van der Waals surface area contributed by atoms with Gasteiger partial charge in [0.25, 0.3) is 0 Å². The Labute approximate surface area is 139 Å². The van der Waals surface area contributed by atoms with Crippen molar-refractivity contribution >= 4 is 11.3 Å². The summed E-state index contributed by atoms with van der Waals surface area (Å²) in [5.41, 5.74) is 2.13. The van der Waals surface area contributed by atoms with Gasteiger partial charge in [-0.3, -0.25) is 0 Å². The van der Waals surface area contributed by atoms with Crippen molar-refractivity contribution in [1.29, 1.82) is 0 Å². The topological polar surface area (TPSA) is 52.6 Å². The van der Waals surface area contributed by atoms with E-state index in [4.69, 9.17) is 19.2 Å². The molecule has 1 saturated heterocycles. The number of benzene rings is 1. The first kappa shape index (κ1) is 14.9. The van der Waals surface area contributed by atoms with Crippen molar-refractivity contribution in [3.63, 3.8) is 0 Å². The van der Waals surface area contributed by atoms with Gasteiger partial charge in [0.15, 0.2) is 11.5 Å². The first-order valence-corrected chi connectivity index (χ1v) is 8.87. The van der Waals surface area contributed by atoms with Crippen LogP contribution >= 0.6 is 11.3 Å². The van der Waals surface area contributed by atoms with Crippen molar-refractivity contribution in [2.45, 2.75) is 38.5 Å². The van der Waals surface area contributed by atoms with Gasteiger partial charge in [-0.05, 0) is 38.0 Å². The van der Waals surface area contributed by atoms with Crippen molar-refractivity contribution < 1.29 is 14.2 Å². The van der Waals surface area contributed by atoms with Crippen LogP contribution in [0.3, 0.4) is 0 Å². The number of ether oxygens (including phenoxy) is 3. The summed E-state index contributed by atoms with van der Waals surface area (Å²) in [6.45, 7) is 4.14. The molecular formula is C17H20N2O3S. The average Bonchev–Trinajstić information content (AvgIpc) is 3.32. The van der Waals surface area contributed by atoms with Gasteiger partial charge in [-0.2, -0.15) is 0 Å². The van der Waals surface area contributed by atoms with Crippen LogP contribution in [0.2, 0.25) is 0 Å². The van der Waals surface area contributed by atoms with Crippen LogP contribution < -0.4 is 14.8 Å². The predicted molar refractivity (Wildman–Crippen MR) is 88.9 cm³/mol. The Morgan fingerprint density at radius 2 is 2.26 bits per heavy atom. The monoisotopic (exact) mass is 332 g/mol. The fraction of sp³-hybridized carbons (Fsp3) is 0.471. The van der Waals surface area contributed by atoms with E-state index in [1.165, 1.54) is 6.42 Å². The van der Waals surface area contributed by atoms with Gasteiger partial charge in [-0.1, -0.05) is 0 Å². The summed E-state index contributed by atoms with van der Waals surface area (Å²) in [4.78, 5) is 4.72. The SMILES string of the molecule is C[C@H](NCc1csc(-c2ccc3c(c2)OCO3)n1)[C@H]1CCCO1. The molecule has 122 valence electrons. The molecule has 0 aliphatic carbocycles. The first-order chi connectivity index (χ1) is 11.3. The highest BCUT2D eigenvalue weighted by molar-refractivity contribution is 7.13. The van der Waals surface area contributed by atoms with E-state index in [-0.39, 0.29) is 0 Å². The van der Waals surface area contributed by atoms with E-state index in [1.54, 1.807) is 11.3 Å². The summed E-state index contributed by atoms with van der Waals surface area (Å²) in [5.74, 6) is 1.60. The minimum absolute atomic E-state index is 0.299. The fourth-order valence-corrected chi connectivity index (χ4v) is 3.76. The Bertz CT molecular complexity index is 682. The van der Waals surface area contributed by atoms with Gasteiger partial charge in [0.1, 0.15) is 5.01 Å². The van der Waals surface area contributed by atoms with Crippen molar-refractivity contribution in [3.05, 3.63) is 29.3 Å². The third-order valence-corrected chi connectivity index (χ3v) is 5.24. The number of aromatic nitrogens is 1. The summed E-state index contributed by atoms with van der Waals surface area (Å²) in [7, 11) is 0. The third-order valence-electron chi connectivity index (χ3n) is 4.30. The van der Waals surface area contributed by atoms with E-state index >= 15 is 0 Å². The molecule has 0 amide bonds. The van der Waals surface area contributed by atoms with Gasteiger partial charge in [0.2, 0.25) is 6.79 Å². The largest absolute Gasteiger partial charge is 0.454 e. The summed E-state index contributed by atoms with van der Waals surface area (Å²) in [5, 5.41) is 6.63. The summed E-state index contributed by atoms with van der Waals surface area (Å²) in [6.07, 6.45) is 2.65. The zero-order valence-electron chi connectivity index (χ0n) is 13.1. The molecule has 0 spiro atoms. The molecule has 2 aliphatic heterocycles. The van der Waals surface area contributed by atoms with Gasteiger partial charge >= 0.3 is 0 Å². The minimum atomic E-state index is 0.299. The highest BCUT2D eigenvalue weighted by Crippen LogP contribution is 2.36. The standard InChI is InChI=1S/C17H20N2O3S/c1-11(14-3-2-6-20-14)18-8-13-9-23-17(19-13)12-4-5-15-16(7-12)22-10-21-15/h4-5,7,9,11,14,18H,2-3,6,8,10H2,1H3/t11-,14+/m0/s1. The van der Waals surface area contributed by atoms with Gasteiger partial charge in [0, 0.05) is 30.1 Å². The molecule has 2 atom stereocenters. The molecule has 6 heteroatoms. The molecule has 2 aromatic rings. The Balaban J connectivity index is 1.40. The second kappa shape index (κ2) is 6.47. The van der Waals surface area contributed by atoms with Crippen LogP contribution in [0.25, 0.3) is 10.6 Å². The predicted octanol–water partition coefficient (Wildman–Crippen LogP) is 3.20. The van der Waals surface area contributed by atoms with Crippen LogP contribution in [-0.2, 0) is 11.3 Å². The lowest BCUT2D eigenvalue weighted by Gasteiger charge is -2.19. The zero-order valence-corrected chi connectivity index (χ0v) is 13.9. The average molecular weight is 332 g/mol. The van der Waals surface area contributed by atoms with Crippen LogP contribution in [-0.4, -0.2) is 30.5 Å². The normalized spacial score (nSPS) is 20.8. The Kier molecular flexibility index (Phi) is 4.20. The van der Waals surface area contributed by atoms with E-state index in [1.807, 2.05) is 18.2 Å². The summed E-state index contributed by atoms with van der Waals surface area (Å²) in [6, 6.07) is 6.32. The quantitative estimate of drug-likeness (QED) is 0.911. The van der Waals surface area contributed by atoms with Crippen LogP contribution in [0.1, 0.15) is 25.5 Å². The van der Waals surface area contributed by atoms with Crippen LogP contribution in [0.5, 0.6) is 11.5 Å². The zero-order chi connectivity index (χ0) is 15.6. The Hall–Kier alpha value is -1.63. The van der Waals surface area contributed by atoms with Crippen molar-refractivity contribution in [1.82, 2.24) is 10.3 Å². The second-order valence-electron chi connectivity index (χ2n) is 5.93. The molecule has 0 saturated carbocycles. The molecule has 1 aromatic carbocycles. The molecule has 2 aliphatic rings. The van der Waals surface area contributed by atoms with Gasteiger partial charge in [-0.25, -0.2) is 4.98 Å². The number of hydrogen-bond donors (Lipinski definition) is 1. The van der Waals surface area contributed by atoms with Crippen molar-refractivity contribution in [2.75, 3.05) is 13.4 Å². The molecule has 5 nitrogen and oxygen atoms in total. The van der Waals surface area contributed by atoms with E-state index in [2.05, 4.69) is 17.6 Å². The van der Waals surface area contributed by atoms with E-state index < -0.39 is 0 Å². The Morgan fingerprint density at radius 1 is 1.35 bits per heavy atom. The third kappa shape index (κ3) is 3.20. The van der Waals surface area contributed by atoms with Crippen molar-refractivity contribution in [2.24, 2.45) is 0 Å². The lowest BCUT2D eigenvalue weighted by Crippen LogP contribution is -2.36. The molecular weight excluding hydrogens is 312 g/mol. The summed E-state index contributed by atoms with van der Waals surface area (Å²) < 4.78 is 16.5. The lowest BCUT2D eigenvalue weighted by atomic mass is 10.1. The minimum Gasteiger partial charge on any atom is -0.454 e. The second-order valence-corrected chi connectivity index (χ2v) is 6.79. The highest BCUT2D eigenvalue weighted by atomic mass is 32.1. The van der Waals surface area contributed by atoms with Crippen LogP contribution in [0, 0.1) is 0 Å². The molecule has 1 aromatic heterocycles. The maximum atomic E-state index is 5.71. The number of nitrogens with one attached hydrogen (secondary N) is 1. The number of rotatable bonds is 5. The van der Waals surface area contributed by atoms with Crippen LogP contribution in [0.15, 0.2) is 23.6 Å². The van der Waals surface area contributed by atoms with E-state index in [9.17, 15) is 0 Å². The molecule has 1 N–H and O–H groups in total. The lowest BCUT2D eigenvalue weighted by molar-refractivity contribution is 0.0831. The number of nitrogens with zero attached hydrogens (tertiary/aromatic N) is 1. The molecule has 4 rings (SSSR count). The maximum absolute atomic E-state index is 5.71. The molecule has 1 fully saturated rings. The number of fused-ring (bicyclic) bond motifs is 1. The molecule has 23 heavy (non-hydrogen) atoms. The Morgan fingerprint density at radius 3 is 3.13 bits per heavy atom. The first-order valence-electron chi connectivity index (χ1n) is 7.99. The number of hydrogen-bond acceptors (Lipinski definition) is 6. The molecule has 0 bridgehead atoms. The van der Waals surface area contributed by atoms with Crippen LogP contribution in [0.4, 0.5) is 0 Å². The molecule has 3 heterocycles. The fourth-order valence-electron chi connectivity index (χ4n) is 2.94. The van der Waals surface area contributed by atoms with Gasteiger partial charge in [0.05, 0.1) is 11.8 Å². The number of thiazole rings is 1. The molecule has 0 unspecified atom stereocenters. The highest BCUT2D eigenvalue weighted by Gasteiger charge is 2.22. The van der Waals surface area contributed by atoms with Gasteiger partial charge < -0.3 is 19.5 Å². The molecule has 0 radical (unpaired) electrons. The smallest absolute Gasteiger partial charge is 0.231 e. The van der Waals surface area contributed by atoms with E-state index in [0.717, 1.165) is 47.3 Å². The summed E-state index contributed by atoms with van der Waals surface area (Å²) >= 11 is 1.65. The van der Waals surface area contributed by atoms with E-state index in [0.29, 0.717) is 18.9 Å². The maximum Gasteiger partial charge on any atom is 0.231 e.